The molecule has 0 aromatic carbocycles. The summed E-state index contributed by atoms with van der Waals surface area (Å²) >= 11 is 0. The molecule has 0 fully saturated rings. The van der Waals surface area contributed by atoms with Gasteiger partial charge < -0.3 is 16.0 Å². The van der Waals surface area contributed by atoms with Gasteiger partial charge in [0, 0.05) is 18.3 Å². The van der Waals surface area contributed by atoms with Gasteiger partial charge in [-0.1, -0.05) is 32.0 Å². The number of rotatable bonds is 7. The molecule has 33 heavy (non-hydrogen) atoms. The highest BCUT2D eigenvalue weighted by Crippen LogP contribution is 2.29. The molecule has 3 heterocycles. The highest BCUT2D eigenvalue weighted by atomic mass is 16.5. The Bertz CT molecular complexity index is 1150. The SMILES string of the molecule is CC(C(=O)Nc1cc(CC(C)(C)C)no1)c1ccc(-c2nn(C(C)C)c(N)c2C(N)=O)nc1. The zero-order valence-corrected chi connectivity index (χ0v) is 19.8. The zero-order valence-electron chi connectivity index (χ0n) is 19.8. The number of primary amides is 1. The Kier molecular flexibility index (Phi) is 6.57. The summed E-state index contributed by atoms with van der Waals surface area (Å²) in [5, 5.41) is 11.2. The number of hydrogen-bond donors (Lipinski definition) is 3. The van der Waals surface area contributed by atoms with E-state index in [1.54, 1.807) is 31.3 Å². The minimum Gasteiger partial charge on any atom is -0.383 e. The van der Waals surface area contributed by atoms with Crippen molar-refractivity contribution in [3.05, 3.63) is 41.2 Å². The second-order valence-corrected chi connectivity index (χ2v) is 9.62. The van der Waals surface area contributed by atoms with Gasteiger partial charge in [-0.15, -0.1) is 0 Å². The molecule has 0 bridgehead atoms. The van der Waals surface area contributed by atoms with Crippen molar-refractivity contribution in [2.45, 2.75) is 59.9 Å². The maximum absolute atomic E-state index is 12.7. The van der Waals surface area contributed by atoms with Crippen molar-refractivity contribution in [3.8, 4) is 11.4 Å². The van der Waals surface area contributed by atoms with Crippen LogP contribution in [-0.4, -0.2) is 31.7 Å². The average Bonchev–Trinajstić information content (AvgIpc) is 3.29. The van der Waals surface area contributed by atoms with Gasteiger partial charge in [0.2, 0.25) is 11.8 Å². The lowest BCUT2D eigenvalue weighted by Gasteiger charge is -2.15. The van der Waals surface area contributed by atoms with Crippen LogP contribution in [0.2, 0.25) is 0 Å². The lowest BCUT2D eigenvalue weighted by Crippen LogP contribution is -2.18. The molecular formula is C23H31N7O3. The van der Waals surface area contributed by atoms with E-state index in [2.05, 4.69) is 41.3 Å². The second kappa shape index (κ2) is 9.05. The summed E-state index contributed by atoms with van der Waals surface area (Å²) in [5.74, 6) is -0.933. The van der Waals surface area contributed by atoms with E-state index in [-0.39, 0.29) is 28.7 Å². The lowest BCUT2D eigenvalue weighted by molar-refractivity contribution is -0.117. The molecule has 1 unspecified atom stereocenters. The molecule has 0 aliphatic rings. The first-order chi connectivity index (χ1) is 15.4. The predicted octanol–water partition coefficient (Wildman–Crippen LogP) is 3.53. The van der Waals surface area contributed by atoms with Crippen molar-refractivity contribution < 1.29 is 14.1 Å². The van der Waals surface area contributed by atoms with E-state index in [4.69, 9.17) is 16.0 Å². The van der Waals surface area contributed by atoms with Crippen LogP contribution in [0.15, 0.2) is 28.9 Å². The average molecular weight is 454 g/mol. The van der Waals surface area contributed by atoms with Gasteiger partial charge in [-0.3, -0.25) is 19.9 Å². The topological polar surface area (TPSA) is 155 Å². The predicted molar refractivity (Wildman–Crippen MR) is 125 cm³/mol. The molecule has 3 aromatic rings. The number of hydrogen-bond acceptors (Lipinski definition) is 7. The molecule has 0 spiro atoms. The maximum Gasteiger partial charge on any atom is 0.254 e. The van der Waals surface area contributed by atoms with E-state index >= 15 is 0 Å². The number of nitrogens with one attached hydrogen (secondary N) is 1. The summed E-state index contributed by atoms with van der Waals surface area (Å²) < 4.78 is 6.78. The monoisotopic (exact) mass is 453 g/mol. The van der Waals surface area contributed by atoms with Crippen molar-refractivity contribution in [1.82, 2.24) is 19.9 Å². The first-order valence-electron chi connectivity index (χ1n) is 10.8. The molecule has 2 amide bonds. The highest BCUT2D eigenvalue weighted by Gasteiger charge is 2.24. The molecule has 0 aliphatic carbocycles. The number of amides is 2. The Balaban J connectivity index is 1.77. The third-order valence-electron chi connectivity index (χ3n) is 5.12. The quantitative estimate of drug-likeness (QED) is 0.494. The summed E-state index contributed by atoms with van der Waals surface area (Å²) in [7, 11) is 0. The van der Waals surface area contributed by atoms with E-state index in [1.807, 2.05) is 13.8 Å². The van der Waals surface area contributed by atoms with Crippen molar-refractivity contribution in [2.24, 2.45) is 11.1 Å². The Hall–Kier alpha value is -3.69. The number of nitrogens with zero attached hydrogens (tertiary/aromatic N) is 4. The molecule has 0 radical (unpaired) electrons. The van der Waals surface area contributed by atoms with Crippen molar-refractivity contribution >= 4 is 23.5 Å². The number of aromatic nitrogens is 4. The largest absolute Gasteiger partial charge is 0.383 e. The van der Waals surface area contributed by atoms with Crippen molar-refractivity contribution in [1.29, 1.82) is 0 Å². The molecule has 0 saturated heterocycles. The molecule has 0 saturated carbocycles. The van der Waals surface area contributed by atoms with Gasteiger partial charge in [0.1, 0.15) is 17.1 Å². The standard InChI is InChI=1S/C23H31N7O3/c1-12(2)30-20(24)18(21(25)31)19(28-30)16-8-7-14(11-26-16)13(3)22(32)27-17-9-15(29-33-17)10-23(4,5)6/h7-9,11-13H,10,24H2,1-6H3,(H2,25,31)(H,27,32). The van der Waals surface area contributed by atoms with Gasteiger partial charge in [0.15, 0.2) is 0 Å². The van der Waals surface area contributed by atoms with E-state index in [0.29, 0.717) is 22.8 Å². The molecule has 0 aliphatic heterocycles. The summed E-state index contributed by atoms with van der Waals surface area (Å²) in [5.41, 5.74) is 14.0. The van der Waals surface area contributed by atoms with Crippen LogP contribution in [-0.2, 0) is 11.2 Å². The summed E-state index contributed by atoms with van der Waals surface area (Å²) in [6.07, 6.45) is 2.30. The van der Waals surface area contributed by atoms with Gasteiger partial charge in [-0.2, -0.15) is 5.10 Å². The minimum absolute atomic E-state index is 0.0557. The number of carbonyl (C=O) groups is 2. The normalized spacial score (nSPS) is 12.7. The van der Waals surface area contributed by atoms with Crippen LogP contribution in [0.4, 0.5) is 11.7 Å². The molecular weight excluding hydrogens is 422 g/mol. The Morgan fingerprint density at radius 2 is 1.91 bits per heavy atom. The number of nitrogens with two attached hydrogens (primary N) is 2. The Labute approximate surface area is 192 Å². The molecule has 10 heteroatoms. The first kappa shape index (κ1) is 24.0. The fourth-order valence-corrected chi connectivity index (χ4v) is 3.44. The van der Waals surface area contributed by atoms with Crippen LogP contribution in [0.5, 0.6) is 0 Å². The molecule has 176 valence electrons. The van der Waals surface area contributed by atoms with Crippen LogP contribution in [0.25, 0.3) is 11.4 Å². The van der Waals surface area contributed by atoms with Crippen LogP contribution >= 0.6 is 0 Å². The number of anilines is 2. The van der Waals surface area contributed by atoms with Gasteiger partial charge >= 0.3 is 0 Å². The summed E-state index contributed by atoms with van der Waals surface area (Å²) in [6.45, 7) is 11.9. The molecule has 3 rings (SSSR count). The smallest absolute Gasteiger partial charge is 0.254 e. The third-order valence-corrected chi connectivity index (χ3v) is 5.12. The van der Waals surface area contributed by atoms with E-state index < -0.39 is 11.8 Å². The molecule has 5 N–H and O–H groups in total. The van der Waals surface area contributed by atoms with Crippen LogP contribution in [0.1, 0.15) is 75.1 Å². The van der Waals surface area contributed by atoms with Gasteiger partial charge in [-0.25, -0.2) is 4.68 Å². The molecule has 1 atom stereocenters. The molecule has 3 aromatic heterocycles. The Morgan fingerprint density at radius 1 is 1.21 bits per heavy atom. The van der Waals surface area contributed by atoms with E-state index in [1.165, 1.54) is 4.68 Å². The van der Waals surface area contributed by atoms with Crippen LogP contribution in [0.3, 0.4) is 0 Å². The summed E-state index contributed by atoms with van der Waals surface area (Å²) in [4.78, 5) is 29.1. The second-order valence-electron chi connectivity index (χ2n) is 9.62. The van der Waals surface area contributed by atoms with Crippen LogP contribution < -0.4 is 16.8 Å². The highest BCUT2D eigenvalue weighted by molar-refractivity contribution is 6.03. The van der Waals surface area contributed by atoms with Gasteiger partial charge in [-0.05, 0) is 44.2 Å². The number of nitrogen functional groups attached to an aromatic ring is 1. The van der Waals surface area contributed by atoms with E-state index in [0.717, 1.165) is 12.1 Å². The number of pyridine rings is 1. The fourth-order valence-electron chi connectivity index (χ4n) is 3.44. The number of carbonyl (C=O) groups excluding carboxylic acids is 2. The first-order valence-corrected chi connectivity index (χ1v) is 10.8. The maximum atomic E-state index is 12.7. The Morgan fingerprint density at radius 3 is 2.45 bits per heavy atom. The van der Waals surface area contributed by atoms with Crippen molar-refractivity contribution in [2.75, 3.05) is 11.1 Å². The lowest BCUT2D eigenvalue weighted by atomic mass is 9.91. The van der Waals surface area contributed by atoms with Gasteiger partial charge in [0.05, 0.1) is 17.3 Å². The minimum atomic E-state index is -0.675. The third kappa shape index (κ3) is 5.39. The zero-order chi connectivity index (χ0) is 24.5. The van der Waals surface area contributed by atoms with Crippen molar-refractivity contribution in [3.63, 3.8) is 0 Å². The molecule has 10 nitrogen and oxygen atoms in total. The summed E-state index contributed by atoms with van der Waals surface area (Å²) in [6, 6.07) is 5.12. The van der Waals surface area contributed by atoms with E-state index in [9.17, 15) is 9.59 Å². The van der Waals surface area contributed by atoms with Gasteiger partial charge in [0.25, 0.3) is 5.91 Å². The fraction of sp³-hybridized carbons (Fsp3) is 0.435. The van der Waals surface area contributed by atoms with Crippen LogP contribution in [0, 0.1) is 5.41 Å².